The van der Waals surface area contributed by atoms with Gasteiger partial charge in [-0.1, -0.05) is 11.6 Å². The SMILES string of the molecule is CO[C@@H]1[C@@H](OC(N)=O)[C@H](O)[C@H](Oc2ccc3c(O)c(NC(=O)c4ccc(O)c(CC=C(C)C)c4)c(=O)oc3c2C)OC1(C)C. The molecule has 0 aliphatic carbocycles. The van der Waals surface area contributed by atoms with Gasteiger partial charge in [-0.15, -0.1) is 0 Å². The molecule has 13 nitrogen and oxygen atoms in total. The number of aryl methyl sites for hydroxylation is 1. The summed E-state index contributed by atoms with van der Waals surface area (Å²) < 4.78 is 27.9. The number of aliphatic hydroxyl groups is 1. The molecule has 0 saturated carbocycles. The number of hydrogen-bond acceptors (Lipinski definition) is 11. The van der Waals surface area contributed by atoms with Crippen LogP contribution in [-0.2, 0) is 20.6 Å². The summed E-state index contributed by atoms with van der Waals surface area (Å²) in [4.78, 5) is 37.5. The van der Waals surface area contributed by atoms with Crippen LogP contribution in [0.25, 0.3) is 11.0 Å². The average molecular weight is 613 g/mol. The number of allylic oxidation sites excluding steroid dienone is 2. The van der Waals surface area contributed by atoms with Gasteiger partial charge in [0, 0.05) is 18.2 Å². The zero-order valence-electron chi connectivity index (χ0n) is 25.2. The molecule has 4 rings (SSSR count). The van der Waals surface area contributed by atoms with E-state index in [1.54, 1.807) is 20.8 Å². The zero-order chi connectivity index (χ0) is 32.5. The third-order valence-electron chi connectivity index (χ3n) is 7.33. The number of nitrogens with two attached hydrogens (primary N) is 1. The summed E-state index contributed by atoms with van der Waals surface area (Å²) in [6.45, 7) is 8.69. The second kappa shape index (κ2) is 12.6. The van der Waals surface area contributed by atoms with E-state index in [2.05, 4.69) is 5.32 Å². The largest absolute Gasteiger partial charge is 0.508 e. The van der Waals surface area contributed by atoms with Crippen molar-refractivity contribution in [2.45, 2.75) is 71.2 Å². The Morgan fingerprint density at radius 3 is 2.50 bits per heavy atom. The number of hydrogen-bond donors (Lipinski definition) is 5. The molecule has 236 valence electrons. The number of aliphatic hydroxyl groups excluding tert-OH is 1. The van der Waals surface area contributed by atoms with Crippen molar-refractivity contribution in [1.29, 1.82) is 0 Å². The first-order valence-corrected chi connectivity index (χ1v) is 13.7. The van der Waals surface area contributed by atoms with Crippen LogP contribution >= 0.6 is 0 Å². The number of phenols is 1. The van der Waals surface area contributed by atoms with Crippen LogP contribution < -0.4 is 21.4 Å². The topological polar surface area (TPSA) is 200 Å². The second-order valence-corrected chi connectivity index (χ2v) is 11.2. The third-order valence-corrected chi connectivity index (χ3v) is 7.33. The first-order valence-electron chi connectivity index (χ1n) is 13.7. The number of aromatic hydroxyl groups is 2. The lowest BCUT2D eigenvalue weighted by molar-refractivity contribution is -0.304. The van der Waals surface area contributed by atoms with Gasteiger partial charge in [0.1, 0.15) is 23.2 Å². The Morgan fingerprint density at radius 1 is 1.16 bits per heavy atom. The molecule has 0 unspecified atom stereocenters. The molecular formula is C31H36N2O11. The van der Waals surface area contributed by atoms with Crippen LogP contribution in [0.1, 0.15) is 49.2 Å². The number of amides is 2. The number of benzene rings is 2. The molecule has 2 amide bonds. The molecule has 1 fully saturated rings. The standard InChI is InChI=1S/C31H36N2O11/c1-14(2)7-8-16-13-17(9-11-19(16)34)27(37)33-21-22(35)18-10-12-20(15(3)24(18)42-28(21)38)41-29-23(36)25(43-30(32)39)26(40-6)31(4,5)44-29/h7,9-13,23,25-26,29,34-36H,8H2,1-6H3,(H2,32,39)(H,33,37)/t23-,25-,26+,29+/m0/s1. The summed E-state index contributed by atoms with van der Waals surface area (Å²) >= 11 is 0. The Bertz CT molecular complexity index is 1670. The molecule has 2 heterocycles. The van der Waals surface area contributed by atoms with Crippen LogP contribution in [0.15, 0.2) is 51.2 Å². The van der Waals surface area contributed by atoms with Crippen LogP contribution in [0.2, 0.25) is 0 Å². The molecule has 13 heteroatoms. The van der Waals surface area contributed by atoms with Crippen molar-refractivity contribution in [3.05, 3.63) is 69.1 Å². The predicted octanol–water partition coefficient (Wildman–Crippen LogP) is 3.63. The normalized spacial score (nSPS) is 21.0. The monoisotopic (exact) mass is 612 g/mol. The molecule has 0 radical (unpaired) electrons. The highest BCUT2D eigenvalue weighted by atomic mass is 16.7. The van der Waals surface area contributed by atoms with Crippen molar-refractivity contribution in [3.8, 4) is 17.2 Å². The van der Waals surface area contributed by atoms with E-state index >= 15 is 0 Å². The number of fused-ring (bicyclic) bond motifs is 1. The van der Waals surface area contributed by atoms with Gasteiger partial charge in [-0.2, -0.15) is 0 Å². The van der Waals surface area contributed by atoms with E-state index in [0.717, 1.165) is 5.57 Å². The smallest absolute Gasteiger partial charge is 0.404 e. The van der Waals surface area contributed by atoms with Crippen LogP contribution in [0, 0.1) is 6.92 Å². The summed E-state index contributed by atoms with van der Waals surface area (Å²) in [6, 6.07) is 7.12. The van der Waals surface area contributed by atoms with Gasteiger partial charge in [-0.05, 0) is 76.9 Å². The van der Waals surface area contributed by atoms with E-state index in [1.807, 2.05) is 19.9 Å². The highest BCUT2D eigenvalue weighted by Crippen LogP contribution is 2.38. The van der Waals surface area contributed by atoms with Crippen molar-refractivity contribution in [1.82, 2.24) is 0 Å². The Labute approximate surface area is 252 Å². The van der Waals surface area contributed by atoms with Crippen LogP contribution in [0.3, 0.4) is 0 Å². The van der Waals surface area contributed by atoms with Crippen molar-refractivity contribution >= 4 is 28.7 Å². The Hall–Kier alpha value is -4.59. The molecule has 1 saturated heterocycles. The highest BCUT2D eigenvalue weighted by molar-refractivity contribution is 6.06. The Kier molecular flexibility index (Phi) is 9.23. The van der Waals surface area contributed by atoms with Crippen molar-refractivity contribution in [2.75, 3.05) is 12.4 Å². The fourth-order valence-corrected chi connectivity index (χ4v) is 5.06. The highest BCUT2D eigenvalue weighted by Gasteiger charge is 2.53. The number of ether oxygens (including phenoxy) is 4. The summed E-state index contributed by atoms with van der Waals surface area (Å²) in [5, 5.41) is 34.6. The summed E-state index contributed by atoms with van der Waals surface area (Å²) in [5.41, 5.74) is 4.54. The van der Waals surface area contributed by atoms with E-state index in [1.165, 1.54) is 37.4 Å². The van der Waals surface area contributed by atoms with Gasteiger partial charge in [0.2, 0.25) is 6.29 Å². The minimum Gasteiger partial charge on any atom is -0.508 e. The first-order chi connectivity index (χ1) is 20.6. The van der Waals surface area contributed by atoms with Crippen molar-refractivity contribution < 1.29 is 48.3 Å². The minimum absolute atomic E-state index is 0.0183. The number of nitrogens with one attached hydrogen (secondary N) is 1. The van der Waals surface area contributed by atoms with Gasteiger partial charge in [0.25, 0.3) is 5.91 Å². The quantitative estimate of drug-likeness (QED) is 0.184. The number of phenolic OH excluding ortho intramolecular Hbond substituents is 1. The molecule has 2 aromatic carbocycles. The number of rotatable bonds is 8. The number of carbonyl (C=O) groups excluding carboxylic acids is 2. The van der Waals surface area contributed by atoms with Crippen LogP contribution in [-0.4, -0.2) is 64.6 Å². The van der Waals surface area contributed by atoms with E-state index in [9.17, 15) is 29.7 Å². The fraction of sp³-hybridized carbons (Fsp3) is 0.387. The lowest BCUT2D eigenvalue weighted by atomic mass is 9.89. The number of primary amides is 1. The molecule has 6 N–H and O–H groups in total. The Balaban J connectivity index is 1.63. The van der Waals surface area contributed by atoms with Gasteiger partial charge in [-0.25, -0.2) is 9.59 Å². The van der Waals surface area contributed by atoms with Crippen LogP contribution in [0.5, 0.6) is 17.2 Å². The van der Waals surface area contributed by atoms with E-state index in [0.29, 0.717) is 12.0 Å². The summed E-state index contributed by atoms with van der Waals surface area (Å²) in [7, 11) is 1.37. The lowest BCUT2D eigenvalue weighted by Crippen LogP contribution is -2.65. The molecule has 1 aromatic heterocycles. The number of methoxy groups -OCH3 is 1. The maximum Gasteiger partial charge on any atom is 0.404 e. The van der Waals surface area contributed by atoms with Gasteiger partial charge in [0.05, 0.1) is 11.0 Å². The minimum atomic E-state index is -1.52. The molecule has 44 heavy (non-hydrogen) atoms. The summed E-state index contributed by atoms with van der Waals surface area (Å²) in [5.74, 6) is -1.09. The molecule has 1 aliphatic rings. The van der Waals surface area contributed by atoms with Gasteiger partial charge in [0.15, 0.2) is 23.6 Å². The number of carbonyl (C=O) groups is 2. The molecule has 3 aromatic rings. The molecule has 1 aliphatic heterocycles. The van der Waals surface area contributed by atoms with Crippen molar-refractivity contribution in [3.63, 3.8) is 0 Å². The van der Waals surface area contributed by atoms with Gasteiger partial charge in [-0.3, -0.25) is 4.79 Å². The molecule has 0 bridgehead atoms. The third kappa shape index (κ3) is 6.49. The molecule has 0 spiro atoms. The van der Waals surface area contributed by atoms with E-state index in [-0.39, 0.29) is 33.6 Å². The van der Waals surface area contributed by atoms with Gasteiger partial charge < -0.3 is 49.7 Å². The summed E-state index contributed by atoms with van der Waals surface area (Å²) in [6.07, 6.45) is -3.81. The average Bonchev–Trinajstić information content (AvgIpc) is 2.94. The number of anilines is 1. The van der Waals surface area contributed by atoms with E-state index in [4.69, 9.17) is 29.1 Å². The molecular weight excluding hydrogens is 576 g/mol. The molecule has 4 atom stereocenters. The lowest BCUT2D eigenvalue weighted by Gasteiger charge is -2.47. The van der Waals surface area contributed by atoms with Crippen LogP contribution in [0.4, 0.5) is 10.5 Å². The van der Waals surface area contributed by atoms with E-state index < -0.39 is 59.3 Å². The zero-order valence-corrected chi connectivity index (χ0v) is 25.2. The first kappa shape index (κ1) is 32.3. The van der Waals surface area contributed by atoms with Crippen molar-refractivity contribution in [2.24, 2.45) is 5.73 Å². The maximum atomic E-state index is 13.0. The predicted molar refractivity (Wildman–Crippen MR) is 159 cm³/mol. The maximum absolute atomic E-state index is 13.0. The Morgan fingerprint density at radius 2 is 1.86 bits per heavy atom. The fourth-order valence-electron chi connectivity index (χ4n) is 5.06. The van der Waals surface area contributed by atoms with Gasteiger partial charge >= 0.3 is 11.7 Å². The second-order valence-electron chi connectivity index (χ2n) is 11.2.